The number of nitrogens with two attached hydrogens (primary N) is 1. The Morgan fingerprint density at radius 1 is 1.50 bits per heavy atom. The molecule has 1 atom stereocenters. The minimum atomic E-state index is 0.0276. The van der Waals surface area contributed by atoms with Gasteiger partial charge in [-0.3, -0.25) is 16.3 Å². The van der Waals surface area contributed by atoms with Gasteiger partial charge in [-0.1, -0.05) is 6.07 Å². The van der Waals surface area contributed by atoms with Crippen molar-refractivity contribution in [2.75, 3.05) is 0 Å². The van der Waals surface area contributed by atoms with E-state index in [0.29, 0.717) is 0 Å². The van der Waals surface area contributed by atoms with Crippen LogP contribution in [-0.4, -0.2) is 9.97 Å². The molecule has 84 valence electrons. The first-order valence-corrected chi connectivity index (χ1v) is 5.95. The third-order valence-electron chi connectivity index (χ3n) is 2.33. The maximum Gasteiger partial charge on any atom is 0.0898 e. The van der Waals surface area contributed by atoms with Gasteiger partial charge in [-0.25, -0.2) is 4.98 Å². The number of hydrazine groups is 1. The summed E-state index contributed by atoms with van der Waals surface area (Å²) in [6.45, 7) is 1.99. The maximum absolute atomic E-state index is 5.55. The minimum absolute atomic E-state index is 0.0276. The summed E-state index contributed by atoms with van der Waals surface area (Å²) in [7, 11) is 0. The lowest BCUT2D eigenvalue weighted by atomic mass is 10.1. The lowest BCUT2D eigenvalue weighted by Gasteiger charge is -2.12. The Hall–Kier alpha value is -1.30. The van der Waals surface area contributed by atoms with Crippen LogP contribution in [0.4, 0.5) is 0 Å². The second-order valence-electron chi connectivity index (χ2n) is 3.54. The van der Waals surface area contributed by atoms with Crippen molar-refractivity contribution in [1.29, 1.82) is 0 Å². The van der Waals surface area contributed by atoms with Crippen LogP contribution in [0.2, 0.25) is 0 Å². The molecule has 0 aliphatic heterocycles. The van der Waals surface area contributed by atoms with Gasteiger partial charge in [0.1, 0.15) is 0 Å². The van der Waals surface area contributed by atoms with Gasteiger partial charge in [-0.05, 0) is 19.1 Å². The molecule has 1 unspecified atom stereocenters. The fourth-order valence-corrected chi connectivity index (χ4v) is 2.18. The summed E-state index contributed by atoms with van der Waals surface area (Å²) >= 11 is 1.63. The van der Waals surface area contributed by atoms with Crippen LogP contribution in [0.3, 0.4) is 0 Å². The van der Waals surface area contributed by atoms with Crippen molar-refractivity contribution in [2.45, 2.75) is 19.4 Å². The first-order valence-electron chi connectivity index (χ1n) is 5.07. The van der Waals surface area contributed by atoms with Crippen molar-refractivity contribution < 1.29 is 0 Å². The Labute approximate surface area is 98.5 Å². The van der Waals surface area contributed by atoms with E-state index in [1.54, 1.807) is 17.5 Å². The summed E-state index contributed by atoms with van der Waals surface area (Å²) in [6, 6.07) is 5.90. The Balaban J connectivity index is 2.12. The molecule has 2 aromatic rings. The van der Waals surface area contributed by atoms with Gasteiger partial charge < -0.3 is 0 Å². The van der Waals surface area contributed by atoms with Gasteiger partial charge in [0, 0.05) is 23.7 Å². The highest BCUT2D eigenvalue weighted by Gasteiger charge is 2.13. The highest BCUT2D eigenvalue weighted by molar-refractivity contribution is 7.09. The summed E-state index contributed by atoms with van der Waals surface area (Å²) in [6.07, 6.45) is 2.54. The molecule has 0 radical (unpaired) electrons. The van der Waals surface area contributed by atoms with E-state index in [-0.39, 0.29) is 6.04 Å². The zero-order valence-corrected chi connectivity index (χ0v) is 9.87. The number of nitrogens with one attached hydrogen (secondary N) is 1. The van der Waals surface area contributed by atoms with Gasteiger partial charge in [0.25, 0.3) is 0 Å². The number of rotatable bonds is 4. The molecule has 0 saturated carbocycles. The molecule has 0 fully saturated rings. The summed E-state index contributed by atoms with van der Waals surface area (Å²) < 4.78 is 0. The molecule has 0 aromatic carbocycles. The number of thiazole rings is 1. The van der Waals surface area contributed by atoms with E-state index in [1.807, 2.05) is 30.5 Å². The van der Waals surface area contributed by atoms with E-state index < -0.39 is 0 Å². The Kier molecular flexibility index (Phi) is 3.61. The highest BCUT2D eigenvalue weighted by atomic mass is 32.1. The van der Waals surface area contributed by atoms with Crippen LogP contribution >= 0.6 is 11.3 Å². The molecule has 2 heterocycles. The van der Waals surface area contributed by atoms with E-state index >= 15 is 0 Å². The predicted molar refractivity (Wildman–Crippen MR) is 64.9 cm³/mol. The molecule has 4 nitrogen and oxygen atoms in total. The number of hydrogen-bond donors (Lipinski definition) is 2. The molecule has 0 bridgehead atoms. The van der Waals surface area contributed by atoms with Gasteiger partial charge in [0.05, 0.1) is 16.7 Å². The molecule has 5 heteroatoms. The normalized spacial score (nSPS) is 12.6. The van der Waals surface area contributed by atoms with Crippen molar-refractivity contribution in [1.82, 2.24) is 15.4 Å². The van der Waals surface area contributed by atoms with Gasteiger partial charge in [0.15, 0.2) is 0 Å². The number of pyridine rings is 1. The smallest absolute Gasteiger partial charge is 0.0898 e. The largest absolute Gasteiger partial charge is 0.271 e. The third kappa shape index (κ3) is 2.63. The molecule has 2 rings (SSSR count). The molecular formula is C11H14N4S. The molecule has 3 N–H and O–H groups in total. The van der Waals surface area contributed by atoms with E-state index in [0.717, 1.165) is 22.8 Å². The first-order chi connectivity index (χ1) is 7.79. The zero-order chi connectivity index (χ0) is 11.4. The van der Waals surface area contributed by atoms with E-state index in [1.165, 1.54) is 0 Å². The maximum atomic E-state index is 5.55. The second kappa shape index (κ2) is 5.16. The Morgan fingerprint density at radius 3 is 2.94 bits per heavy atom. The van der Waals surface area contributed by atoms with Crippen LogP contribution in [0.25, 0.3) is 0 Å². The summed E-state index contributed by atoms with van der Waals surface area (Å²) in [5.74, 6) is 5.55. The van der Waals surface area contributed by atoms with E-state index in [4.69, 9.17) is 5.84 Å². The fraction of sp³-hybridized carbons (Fsp3) is 0.273. The molecule has 16 heavy (non-hydrogen) atoms. The molecule has 0 amide bonds. The van der Waals surface area contributed by atoms with Crippen LogP contribution in [0, 0.1) is 6.92 Å². The van der Waals surface area contributed by atoms with Crippen molar-refractivity contribution in [2.24, 2.45) is 5.84 Å². The molecular weight excluding hydrogens is 220 g/mol. The molecule has 0 aliphatic rings. The van der Waals surface area contributed by atoms with Gasteiger partial charge in [-0.2, -0.15) is 0 Å². The third-order valence-corrected chi connectivity index (χ3v) is 3.13. The van der Waals surface area contributed by atoms with Gasteiger partial charge >= 0.3 is 0 Å². The number of aryl methyl sites for hydroxylation is 1. The van der Waals surface area contributed by atoms with Gasteiger partial charge in [0.2, 0.25) is 0 Å². The number of nitrogens with zero attached hydrogens (tertiary/aromatic N) is 2. The average Bonchev–Trinajstić information content (AvgIpc) is 2.74. The van der Waals surface area contributed by atoms with Crippen LogP contribution in [0.5, 0.6) is 0 Å². The lowest BCUT2D eigenvalue weighted by Crippen LogP contribution is -2.30. The van der Waals surface area contributed by atoms with Crippen molar-refractivity contribution in [3.8, 4) is 0 Å². The minimum Gasteiger partial charge on any atom is -0.271 e. The molecule has 2 aromatic heterocycles. The average molecular weight is 234 g/mol. The SMILES string of the molecule is Cc1nc(C(Cc2ccccn2)NN)cs1. The van der Waals surface area contributed by atoms with E-state index in [9.17, 15) is 0 Å². The Bertz CT molecular complexity index is 440. The summed E-state index contributed by atoms with van der Waals surface area (Å²) in [5.41, 5.74) is 4.78. The fourth-order valence-electron chi connectivity index (χ4n) is 1.52. The summed E-state index contributed by atoms with van der Waals surface area (Å²) in [4.78, 5) is 8.71. The van der Waals surface area contributed by atoms with Crippen molar-refractivity contribution in [3.05, 3.63) is 46.2 Å². The molecule has 0 aliphatic carbocycles. The lowest BCUT2D eigenvalue weighted by molar-refractivity contribution is 0.534. The van der Waals surface area contributed by atoms with Gasteiger partial charge in [-0.15, -0.1) is 11.3 Å². The molecule has 0 saturated heterocycles. The highest BCUT2D eigenvalue weighted by Crippen LogP contribution is 2.18. The quantitative estimate of drug-likeness (QED) is 0.623. The monoisotopic (exact) mass is 234 g/mol. The van der Waals surface area contributed by atoms with Crippen LogP contribution in [-0.2, 0) is 6.42 Å². The van der Waals surface area contributed by atoms with E-state index in [2.05, 4.69) is 15.4 Å². The van der Waals surface area contributed by atoms with Crippen LogP contribution in [0.15, 0.2) is 29.8 Å². The van der Waals surface area contributed by atoms with Crippen molar-refractivity contribution >= 4 is 11.3 Å². The number of hydrogen-bond acceptors (Lipinski definition) is 5. The molecule has 0 spiro atoms. The standard InChI is InChI=1S/C11H14N4S/c1-8-14-11(7-16-8)10(15-12)6-9-4-2-3-5-13-9/h2-5,7,10,15H,6,12H2,1H3. The first kappa shape index (κ1) is 11.2. The van der Waals surface area contributed by atoms with Crippen molar-refractivity contribution in [3.63, 3.8) is 0 Å². The Morgan fingerprint density at radius 2 is 2.38 bits per heavy atom. The number of aromatic nitrogens is 2. The topological polar surface area (TPSA) is 63.8 Å². The van der Waals surface area contributed by atoms with Crippen LogP contribution in [0.1, 0.15) is 22.4 Å². The summed E-state index contributed by atoms with van der Waals surface area (Å²) in [5, 5.41) is 3.08. The zero-order valence-electron chi connectivity index (χ0n) is 9.05. The van der Waals surface area contributed by atoms with Crippen LogP contribution < -0.4 is 11.3 Å². The second-order valence-corrected chi connectivity index (χ2v) is 4.60. The predicted octanol–water partition coefficient (Wildman–Crippen LogP) is 1.59.